The Morgan fingerprint density at radius 2 is 1.04 bits per heavy atom. The third-order valence-corrected chi connectivity index (χ3v) is 9.67. The first-order valence-electron chi connectivity index (χ1n) is 16.1. The first-order valence-corrected chi connectivity index (χ1v) is 16.1. The highest BCUT2D eigenvalue weighted by Gasteiger charge is 2.39. The number of ether oxygens (including phenoxy) is 1. The molecule has 0 radical (unpaired) electrons. The van der Waals surface area contributed by atoms with Crippen LogP contribution in [-0.2, 0) is 5.41 Å². The highest BCUT2D eigenvalue weighted by Crippen LogP contribution is 2.52. The molecule has 8 rings (SSSR count). The molecule has 222 valence electrons. The minimum atomic E-state index is -0.0746. The van der Waals surface area contributed by atoms with Crippen molar-refractivity contribution in [3.05, 3.63) is 157 Å². The van der Waals surface area contributed by atoms with Crippen molar-refractivity contribution in [1.29, 1.82) is 0 Å². The van der Waals surface area contributed by atoms with Gasteiger partial charge >= 0.3 is 0 Å². The van der Waals surface area contributed by atoms with E-state index < -0.39 is 0 Å². The molecule has 46 heavy (non-hydrogen) atoms. The van der Waals surface area contributed by atoms with Crippen molar-refractivity contribution in [2.45, 2.75) is 32.1 Å². The van der Waals surface area contributed by atoms with E-state index in [1.807, 2.05) is 12.1 Å². The fourth-order valence-electron chi connectivity index (χ4n) is 7.09. The maximum atomic E-state index is 6.40. The predicted octanol–water partition coefficient (Wildman–Crippen LogP) is 11.5. The number of hydrogen-bond acceptors (Lipinski definition) is 3. The van der Waals surface area contributed by atoms with E-state index in [9.17, 15) is 0 Å². The lowest BCUT2D eigenvalue weighted by molar-refractivity contribution is 0.375. The number of aromatic nitrogens is 2. The Bertz CT molecular complexity index is 2180. The molecule has 1 aromatic heterocycles. The van der Waals surface area contributed by atoms with Crippen molar-refractivity contribution in [1.82, 2.24) is 9.97 Å². The lowest BCUT2D eigenvalue weighted by atomic mass is 9.68. The van der Waals surface area contributed by atoms with E-state index in [2.05, 4.69) is 147 Å². The van der Waals surface area contributed by atoms with Crippen LogP contribution in [0.15, 0.2) is 146 Å². The second-order valence-electron chi connectivity index (χ2n) is 12.0. The Balaban J connectivity index is 1.15. The molecule has 0 aliphatic carbocycles. The van der Waals surface area contributed by atoms with E-state index >= 15 is 0 Å². The van der Waals surface area contributed by atoms with Crippen LogP contribution in [0.2, 0.25) is 0 Å². The molecular formula is C43H34N2O. The Morgan fingerprint density at radius 1 is 0.478 bits per heavy atom. The summed E-state index contributed by atoms with van der Waals surface area (Å²) >= 11 is 0. The van der Waals surface area contributed by atoms with E-state index in [-0.39, 0.29) is 5.41 Å². The van der Waals surface area contributed by atoms with Gasteiger partial charge in [0.2, 0.25) is 0 Å². The lowest BCUT2D eigenvalue weighted by Gasteiger charge is -2.39. The molecule has 3 nitrogen and oxygen atoms in total. The normalized spacial score (nSPS) is 13.1. The van der Waals surface area contributed by atoms with Gasteiger partial charge in [-0.05, 0) is 59.4 Å². The summed E-state index contributed by atoms with van der Waals surface area (Å²) in [6.07, 6.45) is 2.02. The quantitative estimate of drug-likeness (QED) is 0.192. The van der Waals surface area contributed by atoms with Crippen molar-refractivity contribution >= 4 is 10.9 Å². The topological polar surface area (TPSA) is 35.0 Å². The molecule has 0 atom stereocenters. The maximum absolute atomic E-state index is 6.40. The van der Waals surface area contributed by atoms with Crippen LogP contribution in [0, 0.1) is 0 Å². The standard InChI is InChI=1S/C43H34N2O/c1-3-43(4-2)36-15-9-11-17-39(36)46-40-27-26-34(28-37(40)43)31-20-24-33(25-21-31)42-44-38-16-10-8-14-35(38)41(45-42)32-22-18-30(19-23-32)29-12-6-5-7-13-29/h5-28H,3-4H2,1-2H3. The van der Waals surface area contributed by atoms with E-state index in [1.165, 1.54) is 27.8 Å². The molecule has 0 spiro atoms. The molecule has 0 N–H and O–H groups in total. The monoisotopic (exact) mass is 594 g/mol. The van der Waals surface area contributed by atoms with Gasteiger partial charge in [-0.1, -0.05) is 135 Å². The van der Waals surface area contributed by atoms with Gasteiger partial charge in [-0.25, -0.2) is 9.97 Å². The van der Waals surface area contributed by atoms with Gasteiger partial charge in [-0.3, -0.25) is 0 Å². The fourth-order valence-corrected chi connectivity index (χ4v) is 7.09. The Labute approximate surface area is 270 Å². The maximum Gasteiger partial charge on any atom is 0.160 e. The van der Waals surface area contributed by atoms with Gasteiger partial charge in [-0.2, -0.15) is 0 Å². The zero-order valence-corrected chi connectivity index (χ0v) is 26.1. The van der Waals surface area contributed by atoms with Gasteiger partial charge in [0, 0.05) is 33.1 Å². The van der Waals surface area contributed by atoms with E-state index in [4.69, 9.17) is 14.7 Å². The van der Waals surface area contributed by atoms with Crippen LogP contribution in [0.1, 0.15) is 37.8 Å². The number of rotatable bonds is 6. The van der Waals surface area contributed by atoms with E-state index in [1.54, 1.807) is 0 Å². The predicted molar refractivity (Wildman–Crippen MR) is 189 cm³/mol. The lowest BCUT2D eigenvalue weighted by Crippen LogP contribution is -2.30. The van der Waals surface area contributed by atoms with Crippen LogP contribution in [0.5, 0.6) is 11.5 Å². The SMILES string of the molecule is CCC1(CC)c2ccccc2Oc2ccc(-c3ccc(-c4nc(-c5ccc(-c6ccccc6)cc5)c5ccccc5n4)cc3)cc21. The summed E-state index contributed by atoms with van der Waals surface area (Å²) < 4.78 is 6.40. The summed E-state index contributed by atoms with van der Waals surface area (Å²) in [4.78, 5) is 10.1. The number of para-hydroxylation sites is 2. The second kappa shape index (κ2) is 11.4. The molecular weight excluding hydrogens is 560 g/mol. The molecule has 3 heteroatoms. The zero-order valence-electron chi connectivity index (χ0n) is 26.1. The molecule has 0 saturated heterocycles. The van der Waals surface area contributed by atoms with Gasteiger partial charge < -0.3 is 4.74 Å². The first kappa shape index (κ1) is 28.0. The molecule has 7 aromatic rings. The number of benzene rings is 6. The van der Waals surface area contributed by atoms with Crippen LogP contribution < -0.4 is 4.74 Å². The van der Waals surface area contributed by atoms with Gasteiger partial charge in [0.05, 0.1) is 11.2 Å². The molecule has 6 aromatic carbocycles. The third kappa shape index (κ3) is 4.67. The summed E-state index contributed by atoms with van der Waals surface area (Å²) in [6.45, 7) is 4.57. The summed E-state index contributed by atoms with van der Waals surface area (Å²) in [5, 5.41) is 1.04. The molecule has 0 saturated carbocycles. The van der Waals surface area contributed by atoms with Gasteiger partial charge in [0.15, 0.2) is 5.82 Å². The van der Waals surface area contributed by atoms with Crippen molar-refractivity contribution in [2.24, 2.45) is 0 Å². The highest BCUT2D eigenvalue weighted by atomic mass is 16.5. The van der Waals surface area contributed by atoms with Crippen molar-refractivity contribution in [3.63, 3.8) is 0 Å². The second-order valence-corrected chi connectivity index (χ2v) is 12.0. The zero-order chi connectivity index (χ0) is 31.1. The van der Waals surface area contributed by atoms with Gasteiger partial charge in [-0.15, -0.1) is 0 Å². The smallest absolute Gasteiger partial charge is 0.160 e. The Kier molecular flexibility index (Phi) is 6.95. The molecule has 1 aliphatic rings. The van der Waals surface area contributed by atoms with Crippen molar-refractivity contribution in [3.8, 4) is 56.4 Å². The molecule has 2 heterocycles. The third-order valence-electron chi connectivity index (χ3n) is 9.67. The summed E-state index contributed by atoms with van der Waals surface area (Å²) in [7, 11) is 0. The largest absolute Gasteiger partial charge is 0.457 e. The molecule has 0 unspecified atom stereocenters. The van der Waals surface area contributed by atoms with E-state index in [0.29, 0.717) is 0 Å². The minimum absolute atomic E-state index is 0.0746. The Morgan fingerprint density at radius 3 is 1.80 bits per heavy atom. The Hall–Kier alpha value is -5.54. The molecule has 0 bridgehead atoms. The summed E-state index contributed by atoms with van der Waals surface area (Å²) in [5.74, 6) is 2.65. The first-order chi connectivity index (χ1) is 22.7. The van der Waals surface area contributed by atoms with Crippen LogP contribution in [0.25, 0.3) is 55.8 Å². The number of hydrogen-bond donors (Lipinski definition) is 0. The van der Waals surface area contributed by atoms with Gasteiger partial charge in [0.25, 0.3) is 0 Å². The van der Waals surface area contributed by atoms with Crippen molar-refractivity contribution in [2.75, 3.05) is 0 Å². The fraction of sp³-hybridized carbons (Fsp3) is 0.116. The average Bonchev–Trinajstić information content (AvgIpc) is 3.14. The molecule has 1 aliphatic heterocycles. The van der Waals surface area contributed by atoms with Crippen LogP contribution >= 0.6 is 0 Å². The summed E-state index contributed by atoms with van der Waals surface area (Å²) in [5.41, 5.74) is 11.1. The van der Waals surface area contributed by atoms with Crippen LogP contribution in [-0.4, -0.2) is 9.97 Å². The summed E-state index contributed by atoms with van der Waals surface area (Å²) in [6, 6.07) is 51.1. The van der Waals surface area contributed by atoms with Gasteiger partial charge in [0.1, 0.15) is 11.5 Å². The molecule has 0 amide bonds. The minimum Gasteiger partial charge on any atom is -0.457 e. The van der Waals surface area contributed by atoms with Crippen molar-refractivity contribution < 1.29 is 4.74 Å². The number of nitrogens with zero attached hydrogens (tertiary/aromatic N) is 2. The van der Waals surface area contributed by atoms with Crippen LogP contribution in [0.4, 0.5) is 0 Å². The molecule has 0 fully saturated rings. The van der Waals surface area contributed by atoms with Crippen LogP contribution in [0.3, 0.4) is 0 Å². The number of fused-ring (bicyclic) bond motifs is 3. The average molecular weight is 595 g/mol. The highest BCUT2D eigenvalue weighted by molar-refractivity contribution is 5.94. The van der Waals surface area contributed by atoms with E-state index in [0.717, 1.165) is 63.5 Å².